The van der Waals surface area contributed by atoms with Crippen LogP contribution in [0.15, 0.2) is 0 Å². The highest BCUT2D eigenvalue weighted by Gasteiger charge is 2.36. The van der Waals surface area contributed by atoms with Gasteiger partial charge in [0, 0.05) is 45.4 Å². The fourth-order valence-corrected chi connectivity index (χ4v) is 4.07. The lowest BCUT2D eigenvalue weighted by Crippen LogP contribution is -2.57. The van der Waals surface area contributed by atoms with Crippen LogP contribution in [0.2, 0.25) is 0 Å². The summed E-state index contributed by atoms with van der Waals surface area (Å²) in [6.45, 7) is 8.91. The standard InChI is InChI=1S/C15H29N3O/c16-12-15(4-9-19-10-5-15)13-17-7-8-18-6-2-1-3-14(18)11-17/h14H,1-13,16H2. The minimum Gasteiger partial charge on any atom is -0.381 e. The summed E-state index contributed by atoms with van der Waals surface area (Å²) in [5, 5.41) is 0. The summed E-state index contributed by atoms with van der Waals surface area (Å²) in [5.74, 6) is 0. The number of piperidine rings is 1. The molecule has 0 amide bonds. The third kappa shape index (κ3) is 3.13. The van der Waals surface area contributed by atoms with E-state index in [4.69, 9.17) is 10.5 Å². The van der Waals surface area contributed by atoms with Gasteiger partial charge >= 0.3 is 0 Å². The van der Waals surface area contributed by atoms with Crippen LogP contribution in [0.1, 0.15) is 32.1 Å². The van der Waals surface area contributed by atoms with Gasteiger partial charge in [0.2, 0.25) is 0 Å². The zero-order chi connectivity index (χ0) is 13.1. The van der Waals surface area contributed by atoms with Crippen molar-refractivity contribution >= 4 is 0 Å². The van der Waals surface area contributed by atoms with Crippen molar-refractivity contribution in [1.29, 1.82) is 0 Å². The van der Waals surface area contributed by atoms with Gasteiger partial charge in [-0.05, 0) is 44.2 Å². The van der Waals surface area contributed by atoms with E-state index in [1.807, 2.05) is 0 Å². The molecule has 3 fully saturated rings. The number of rotatable bonds is 3. The van der Waals surface area contributed by atoms with Crippen molar-refractivity contribution in [2.24, 2.45) is 11.1 Å². The summed E-state index contributed by atoms with van der Waals surface area (Å²) >= 11 is 0. The molecule has 0 aromatic heterocycles. The van der Waals surface area contributed by atoms with E-state index in [0.29, 0.717) is 5.41 Å². The van der Waals surface area contributed by atoms with E-state index in [1.54, 1.807) is 0 Å². The fourth-order valence-electron chi connectivity index (χ4n) is 4.07. The Morgan fingerprint density at radius 2 is 1.95 bits per heavy atom. The average Bonchev–Trinajstić information content (AvgIpc) is 2.48. The second-order valence-corrected chi connectivity index (χ2v) is 6.74. The first-order chi connectivity index (χ1) is 9.31. The van der Waals surface area contributed by atoms with Gasteiger partial charge < -0.3 is 10.5 Å². The molecule has 2 N–H and O–H groups in total. The molecule has 0 spiro atoms. The molecule has 3 rings (SSSR count). The molecular weight excluding hydrogens is 238 g/mol. The van der Waals surface area contributed by atoms with Crippen molar-refractivity contribution in [3.05, 3.63) is 0 Å². The fraction of sp³-hybridized carbons (Fsp3) is 1.00. The number of nitrogens with zero attached hydrogens (tertiary/aromatic N) is 2. The molecular formula is C15H29N3O. The van der Waals surface area contributed by atoms with Crippen LogP contribution < -0.4 is 5.73 Å². The first-order valence-corrected chi connectivity index (χ1v) is 8.06. The molecule has 3 heterocycles. The van der Waals surface area contributed by atoms with Crippen molar-refractivity contribution in [3.8, 4) is 0 Å². The first kappa shape index (κ1) is 13.8. The molecule has 3 saturated heterocycles. The molecule has 0 aliphatic carbocycles. The molecule has 4 nitrogen and oxygen atoms in total. The van der Waals surface area contributed by atoms with E-state index in [2.05, 4.69) is 9.80 Å². The van der Waals surface area contributed by atoms with E-state index < -0.39 is 0 Å². The molecule has 110 valence electrons. The molecule has 3 aliphatic rings. The van der Waals surface area contributed by atoms with E-state index >= 15 is 0 Å². The van der Waals surface area contributed by atoms with Crippen molar-refractivity contribution in [1.82, 2.24) is 9.80 Å². The number of nitrogens with two attached hydrogens (primary N) is 1. The number of hydrogen-bond donors (Lipinski definition) is 1. The van der Waals surface area contributed by atoms with Gasteiger partial charge in [-0.25, -0.2) is 0 Å². The van der Waals surface area contributed by atoms with Crippen LogP contribution in [0.4, 0.5) is 0 Å². The quantitative estimate of drug-likeness (QED) is 0.825. The normalized spacial score (nSPS) is 33.0. The van der Waals surface area contributed by atoms with Crippen LogP contribution in [0.5, 0.6) is 0 Å². The van der Waals surface area contributed by atoms with Crippen LogP contribution in [-0.2, 0) is 4.74 Å². The molecule has 19 heavy (non-hydrogen) atoms. The summed E-state index contributed by atoms with van der Waals surface area (Å²) in [5.41, 5.74) is 6.42. The summed E-state index contributed by atoms with van der Waals surface area (Å²) in [7, 11) is 0. The Morgan fingerprint density at radius 1 is 1.11 bits per heavy atom. The van der Waals surface area contributed by atoms with E-state index in [0.717, 1.165) is 38.6 Å². The smallest absolute Gasteiger partial charge is 0.0472 e. The van der Waals surface area contributed by atoms with Gasteiger partial charge in [-0.3, -0.25) is 9.80 Å². The molecule has 0 aromatic rings. The maximum atomic E-state index is 6.09. The highest BCUT2D eigenvalue weighted by Crippen LogP contribution is 2.32. The Kier molecular flexibility index (Phi) is 4.42. The van der Waals surface area contributed by atoms with Gasteiger partial charge in [0.15, 0.2) is 0 Å². The Hall–Kier alpha value is -0.160. The van der Waals surface area contributed by atoms with Gasteiger partial charge in [-0.15, -0.1) is 0 Å². The third-order valence-corrected chi connectivity index (χ3v) is 5.47. The molecule has 4 heteroatoms. The molecule has 0 aromatic carbocycles. The van der Waals surface area contributed by atoms with E-state index in [1.165, 1.54) is 52.0 Å². The maximum Gasteiger partial charge on any atom is 0.0472 e. The third-order valence-electron chi connectivity index (χ3n) is 5.47. The van der Waals surface area contributed by atoms with Crippen LogP contribution >= 0.6 is 0 Å². The van der Waals surface area contributed by atoms with Crippen molar-refractivity contribution in [2.45, 2.75) is 38.1 Å². The Labute approximate surface area is 117 Å². The van der Waals surface area contributed by atoms with Crippen molar-refractivity contribution in [3.63, 3.8) is 0 Å². The minimum absolute atomic E-state index is 0.328. The van der Waals surface area contributed by atoms with Gasteiger partial charge in [0.25, 0.3) is 0 Å². The van der Waals surface area contributed by atoms with Gasteiger partial charge in [-0.2, -0.15) is 0 Å². The zero-order valence-electron chi connectivity index (χ0n) is 12.1. The van der Waals surface area contributed by atoms with Crippen LogP contribution in [0.3, 0.4) is 0 Å². The number of piperazine rings is 1. The molecule has 0 bridgehead atoms. The number of fused-ring (bicyclic) bond motifs is 1. The second kappa shape index (κ2) is 6.08. The highest BCUT2D eigenvalue weighted by molar-refractivity contribution is 4.91. The summed E-state index contributed by atoms with van der Waals surface area (Å²) in [4.78, 5) is 5.39. The van der Waals surface area contributed by atoms with Gasteiger partial charge in [0.05, 0.1) is 0 Å². The second-order valence-electron chi connectivity index (χ2n) is 6.74. The summed E-state index contributed by atoms with van der Waals surface area (Å²) in [6, 6.07) is 0.817. The highest BCUT2D eigenvalue weighted by atomic mass is 16.5. The van der Waals surface area contributed by atoms with E-state index in [-0.39, 0.29) is 0 Å². The summed E-state index contributed by atoms with van der Waals surface area (Å²) < 4.78 is 5.52. The number of ether oxygens (including phenoxy) is 1. The SMILES string of the molecule is NCC1(CN2CCN3CCCCC3C2)CCOCC1. The Morgan fingerprint density at radius 3 is 2.74 bits per heavy atom. The monoisotopic (exact) mass is 267 g/mol. The largest absolute Gasteiger partial charge is 0.381 e. The van der Waals surface area contributed by atoms with Crippen molar-refractivity contribution < 1.29 is 4.74 Å². The molecule has 3 aliphatic heterocycles. The molecule has 0 radical (unpaired) electrons. The van der Waals surface area contributed by atoms with Gasteiger partial charge in [0.1, 0.15) is 0 Å². The number of hydrogen-bond acceptors (Lipinski definition) is 4. The summed E-state index contributed by atoms with van der Waals surface area (Å²) in [6.07, 6.45) is 6.52. The van der Waals surface area contributed by atoms with Crippen LogP contribution in [-0.4, -0.2) is 68.3 Å². The van der Waals surface area contributed by atoms with Crippen LogP contribution in [0.25, 0.3) is 0 Å². The Bertz CT molecular complexity index is 291. The minimum atomic E-state index is 0.328. The Balaban J connectivity index is 1.57. The lowest BCUT2D eigenvalue weighted by atomic mass is 9.79. The van der Waals surface area contributed by atoms with Gasteiger partial charge in [-0.1, -0.05) is 6.42 Å². The molecule has 0 saturated carbocycles. The van der Waals surface area contributed by atoms with E-state index in [9.17, 15) is 0 Å². The first-order valence-electron chi connectivity index (χ1n) is 8.06. The zero-order valence-corrected chi connectivity index (χ0v) is 12.1. The maximum absolute atomic E-state index is 6.09. The van der Waals surface area contributed by atoms with Crippen LogP contribution in [0, 0.1) is 5.41 Å². The van der Waals surface area contributed by atoms with Crippen molar-refractivity contribution in [2.75, 3.05) is 52.5 Å². The topological polar surface area (TPSA) is 41.7 Å². The predicted octanol–water partition coefficient (Wildman–Crippen LogP) is 0.912. The molecule has 1 atom stereocenters. The molecule has 1 unspecified atom stereocenters. The lowest BCUT2D eigenvalue weighted by molar-refractivity contribution is -0.0219. The average molecular weight is 267 g/mol. The predicted molar refractivity (Wildman–Crippen MR) is 77.2 cm³/mol. The lowest BCUT2D eigenvalue weighted by Gasteiger charge is -2.47.